The maximum atomic E-state index is 9.51. The van der Waals surface area contributed by atoms with Gasteiger partial charge in [-0.25, -0.2) is 0 Å². The molecule has 0 aliphatic rings. The number of nitrogens with zero attached hydrogens (tertiary/aromatic N) is 2. The van der Waals surface area contributed by atoms with Crippen LogP contribution in [-0.4, -0.2) is 15.3 Å². The molecule has 0 fully saturated rings. The zero-order chi connectivity index (χ0) is 14.8. The summed E-state index contributed by atoms with van der Waals surface area (Å²) in [6.07, 6.45) is 0. The van der Waals surface area contributed by atoms with Crippen molar-refractivity contribution in [1.29, 1.82) is 0 Å². The van der Waals surface area contributed by atoms with Gasteiger partial charge in [0.25, 0.3) is 0 Å². The Morgan fingerprint density at radius 2 is 1.52 bits per heavy atom. The summed E-state index contributed by atoms with van der Waals surface area (Å²) >= 11 is 0. The third-order valence-corrected chi connectivity index (χ3v) is 3.32. The van der Waals surface area contributed by atoms with E-state index in [9.17, 15) is 5.11 Å². The molecule has 3 rings (SSSR count). The molecule has 0 aliphatic carbocycles. The smallest absolute Gasteiger partial charge is 0.248 e. The molecule has 2 aromatic carbocycles. The lowest BCUT2D eigenvalue weighted by Crippen LogP contribution is -1.87. The minimum absolute atomic E-state index is 0.175. The van der Waals surface area contributed by atoms with Gasteiger partial charge in [0, 0.05) is 11.1 Å². The average molecular weight is 280 g/mol. The molecule has 0 amide bonds. The van der Waals surface area contributed by atoms with Crippen molar-refractivity contribution in [2.24, 2.45) is 0 Å². The number of hydrogen-bond donors (Lipinski definition) is 1. The van der Waals surface area contributed by atoms with Crippen LogP contribution in [0.15, 0.2) is 52.9 Å². The third-order valence-electron chi connectivity index (χ3n) is 3.32. The van der Waals surface area contributed by atoms with E-state index in [1.54, 1.807) is 18.2 Å². The van der Waals surface area contributed by atoms with E-state index >= 15 is 0 Å². The number of aromatic nitrogens is 2. The summed E-state index contributed by atoms with van der Waals surface area (Å²) in [6.45, 7) is 4.29. The Hall–Kier alpha value is -2.62. The highest BCUT2D eigenvalue weighted by Crippen LogP contribution is 2.27. The predicted octanol–water partition coefficient (Wildman–Crippen LogP) is 4.23. The summed E-state index contributed by atoms with van der Waals surface area (Å²) in [7, 11) is 0. The topological polar surface area (TPSA) is 59.2 Å². The maximum Gasteiger partial charge on any atom is 0.248 e. The van der Waals surface area contributed by atoms with Crippen molar-refractivity contribution in [1.82, 2.24) is 10.2 Å². The maximum absolute atomic E-state index is 9.51. The molecule has 3 aromatic rings. The van der Waals surface area contributed by atoms with Crippen LogP contribution < -0.4 is 0 Å². The largest absolute Gasteiger partial charge is 0.508 e. The number of hydrogen-bond acceptors (Lipinski definition) is 4. The first-order valence-electron chi connectivity index (χ1n) is 6.87. The number of rotatable bonds is 3. The zero-order valence-electron chi connectivity index (χ0n) is 11.9. The first-order chi connectivity index (χ1) is 10.1. The van der Waals surface area contributed by atoms with Crippen LogP contribution in [0.1, 0.15) is 25.3 Å². The molecular formula is C17H16N2O2. The molecule has 1 N–H and O–H groups in total. The molecular weight excluding hydrogens is 264 g/mol. The molecule has 0 saturated heterocycles. The van der Waals surface area contributed by atoms with Crippen molar-refractivity contribution >= 4 is 0 Å². The van der Waals surface area contributed by atoms with E-state index in [0.717, 1.165) is 5.56 Å². The van der Waals surface area contributed by atoms with Gasteiger partial charge >= 0.3 is 0 Å². The summed E-state index contributed by atoms with van der Waals surface area (Å²) in [5.41, 5.74) is 2.83. The molecule has 0 atom stereocenters. The summed E-state index contributed by atoms with van der Waals surface area (Å²) in [5, 5.41) is 17.7. The van der Waals surface area contributed by atoms with E-state index in [-0.39, 0.29) is 5.75 Å². The molecule has 0 unspecified atom stereocenters. The first-order valence-corrected chi connectivity index (χ1v) is 6.87. The van der Waals surface area contributed by atoms with E-state index < -0.39 is 0 Å². The minimum atomic E-state index is 0.175. The summed E-state index contributed by atoms with van der Waals surface area (Å²) < 4.78 is 5.71. The molecule has 0 aliphatic heterocycles. The molecule has 1 heterocycles. The second-order valence-electron chi connectivity index (χ2n) is 5.24. The van der Waals surface area contributed by atoms with Crippen LogP contribution in [0.5, 0.6) is 5.75 Å². The molecule has 0 radical (unpaired) electrons. The Morgan fingerprint density at radius 3 is 2.14 bits per heavy atom. The predicted molar refractivity (Wildman–Crippen MR) is 80.9 cm³/mol. The monoisotopic (exact) mass is 280 g/mol. The van der Waals surface area contributed by atoms with Gasteiger partial charge in [0.05, 0.1) is 0 Å². The first kappa shape index (κ1) is 13.4. The SMILES string of the molecule is CC(C)c1cccc(-c2nnc(-c3cccc(O)c3)o2)c1. The van der Waals surface area contributed by atoms with Crippen LogP contribution in [0.2, 0.25) is 0 Å². The fraction of sp³-hybridized carbons (Fsp3) is 0.176. The zero-order valence-corrected chi connectivity index (χ0v) is 11.9. The normalized spacial score (nSPS) is 11.0. The molecule has 0 spiro atoms. The highest BCUT2D eigenvalue weighted by Gasteiger charge is 2.11. The van der Waals surface area contributed by atoms with Crippen molar-refractivity contribution < 1.29 is 9.52 Å². The lowest BCUT2D eigenvalue weighted by atomic mass is 10.0. The standard InChI is InChI=1S/C17H16N2O2/c1-11(2)12-5-3-6-13(9-12)16-18-19-17(21-16)14-7-4-8-15(20)10-14/h3-11,20H,1-2H3. The third kappa shape index (κ3) is 2.79. The molecule has 106 valence electrons. The van der Waals surface area contributed by atoms with Gasteiger partial charge in [-0.05, 0) is 41.8 Å². The Kier molecular flexibility index (Phi) is 3.44. The van der Waals surface area contributed by atoms with E-state index in [2.05, 4.69) is 36.2 Å². The van der Waals surface area contributed by atoms with Crippen LogP contribution in [0, 0.1) is 0 Å². The summed E-state index contributed by atoms with van der Waals surface area (Å²) in [4.78, 5) is 0. The molecule has 4 heteroatoms. The van der Waals surface area contributed by atoms with Gasteiger partial charge in [-0.1, -0.05) is 32.0 Å². The Morgan fingerprint density at radius 1 is 0.905 bits per heavy atom. The molecule has 1 aromatic heterocycles. The van der Waals surface area contributed by atoms with Gasteiger partial charge in [0.1, 0.15) is 5.75 Å². The highest BCUT2D eigenvalue weighted by molar-refractivity contribution is 5.59. The lowest BCUT2D eigenvalue weighted by molar-refractivity contribution is 0.475. The van der Waals surface area contributed by atoms with Gasteiger partial charge in [-0.15, -0.1) is 10.2 Å². The van der Waals surface area contributed by atoms with E-state index in [4.69, 9.17) is 4.42 Å². The fourth-order valence-corrected chi connectivity index (χ4v) is 2.13. The van der Waals surface area contributed by atoms with Crippen LogP contribution in [-0.2, 0) is 0 Å². The minimum Gasteiger partial charge on any atom is -0.508 e. The van der Waals surface area contributed by atoms with Crippen LogP contribution >= 0.6 is 0 Å². The van der Waals surface area contributed by atoms with E-state index in [0.29, 0.717) is 23.3 Å². The Bertz CT molecular complexity index is 763. The highest BCUT2D eigenvalue weighted by atomic mass is 16.4. The fourth-order valence-electron chi connectivity index (χ4n) is 2.13. The van der Waals surface area contributed by atoms with Gasteiger partial charge < -0.3 is 9.52 Å². The number of phenolic OH excluding ortho intramolecular Hbond substituents is 1. The summed E-state index contributed by atoms with van der Waals surface area (Å²) in [5.74, 6) is 1.50. The average Bonchev–Trinajstić information content (AvgIpc) is 2.97. The second kappa shape index (κ2) is 5.40. The van der Waals surface area contributed by atoms with Crippen molar-refractivity contribution in [3.05, 3.63) is 54.1 Å². The van der Waals surface area contributed by atoms with Crippen molar-refractivity contribution in [3.63, 3.8) is 0 Å². The summed E-state index contributed by atoms with van der Waals surface area (Å²) in [6, 6.07) is 14.9. The Labute approximate surface area is 123 Å². The van der Waals surface area contributed by atoms with Crippen molar-refractivity contribution in [2.45, 2.75) is 19.8 Å². The van der Waals surface area contributed by atoms with Gasteiger partial charge in [-0.3, -0.25) is 0 Å². The molecule has 0 saturated carbocycles. The van der Waals surface area contributed by atoms with Crippen LogP contribution in [0.4, 0.5) is 0 Å². The van der Waals surface area contributed by atoms with Crippen LogP contribution in [0.25, 0.3) is 22.9 Å². The molecule has 0 bridgehead atoms. The quantitative estimate of drug-likeness (QED) is 0.779. The number of aromatic hydroxyl groups is 1. The van der Waals surface area contributed by atoms with Crippen molar-refractivity contribution in [3.8, 4) is 28.7 Å². The van der Waals surface area contributed by atoms with Gasteiger partial charge in [0.15, 0.2) is 0 Å². The van der Waals surface area contributed by atoms with E-state index in [1.807, 2.05) is 18.2 Å². The van der Waals surface area contributed by atoms with Gasteiger partial charge in [-0.2, -0.15) is 0 Å². The van der Waals surface area contributed by atoms with Gasteiger partial charge in [0.2, 0.25) is 11.8 Å². The molecule has 21 heavy (non-hydrogen) atoms. The van der Waals surface area contributed by atoms with Crippen LogP contribution in [0.3, 0.4) is 0 Å². The lowest BCUT2D eigenvalue weighted by Gasteiger charge is -2.05. The Balaban J connectivity index is 1.97. The number of phenols is 1. The number of benzene rings is 2. The second-order valence-corrected chi connectivity index (χ2v) is 5.24. The molecule has 4 nitrogen and oxygen atoms in total. The van der Waals surface area contributed by atoms with Crippen molar-refractivity contribution in [2.75, 3.05) is 0 Å². The van der Waals surface area contributed by atoms with E-state index in [1.165, 1.54) is 5.56 Å².